The highest BCUT2D eigenvalue weighted by Crippen LogP contribution is 2.33. The molecule has 6 rings (SSSR count). The second-order valence-electron chi connectivity index (χ2n) is 10.4. The van der Waals surface area contributed by atoms with Crippen molar-refractivity contribution in [2.24, 2.45) is 0 Å². The number of carbonyl (C=O) groups excluding carboxylic acids is 3. The molecule has 0 fully saturated rings. The number of rotatable bonds is 7. The zero-order chi connectivity index (χ0) is 31.0. The van der Waals surface area contributed by atoms with Crippen LogP contribution in [0.15, 0.2) is 85.2 Å². The van der Waals surface area contributed by atoms with E-state index >= 15 is 4.39 Å². The molecule has 0 bridgehead atoms. The Labute approximate surface area is 257 Å². The van der Waals surface area contributed by atoms with E-state index in [0.717, 1.165) is 11.1 Å². The Morgan fingerprint density at radius 3 is 2.50 bits per heavy atom. The Balaban J connectivity index is 1.23. The van der Waals surface area contributed by atoms with Gasteiger partial charge in [0.25, 0.3) is 5.91 Å². The third-order valence-electron chi connectivity index (χ3n) is 7.45. The normalized spacial score (nSPS) is 14.3. The van der Waals surface area contributed by atoms with Crippen LogP contribution in [0.1, 0.15) is 23.2 Å². The number of fused-ring (bicyclic) bond motifs is 1. The Morgan fingerprint density at radius 2 is 1.75 bits per heavy atom. The highest BCUT2D eigenvalue weighted by molar-refractivity contribution is 6.33. The van der Waals surface area contributed by atoms with E-state index in [1.807, 2.05) is 12.1 Å². The molecule has 9 nitrogen and oxygen atoms in total. The molecule has 44 heavy (non-hydrogen) atoms. The van der Waals surface area contributed by atoms with Crippen molar-refractivity contribution in [3.05, 3.63) is 108 Å². The highest BCUT2D eigenvalue weighted by atomic mass is 35.5. The van der Waals surface area contributed by atoms with E-state index in [-0.39, 0.29) is 35.8 Å². The van der Waals surface area contributed by atoms with Crippen LogP contribution in [0, 0.1) is 12.7 Å². The fraction of sp³-hybridized carbons (Fsp3) is 0.152. The number of carbonyl (C=O) groups is 3. The molecular formula is C33H26ClFN6O3. The van der Waals surface area contributed by atoms with Crippen molar-refractivity contribution < 1.29 is 18.8 Å². The molecule has 3 aromatic carbocycles. The van der Waals surface area contributed by atoms with Gasteiger partial charge in [0, 0.05) is 53.0 Å². The first-order valence-electron chi connectivity index (χ1n) is 13.8. The first-order valence-corrected chi connectivity index (χ1v) is 14.2. The van der Waals surface area contributed by atoms with Crippen molar-refractivity contribution in [1.82, 2.24) is 24.6 Å². The number of hydrogen-bond acceptors (Lipinski definition) is 6. The number of anilines is 1. The molecule has 3 heterocycles. The van der Waals surface area contributed by atoms with Gasteiger partial charge in [-0.05, 0) is 36.8 Å². The van der Waals surface area contributed by atoms with E-state index in [1.54, 1.807) is 73.9 Å². The van der Waals surface area contributed by atoms with Crippen LogP contribution in [0.25, 0.3) is 33.2 Å². The first kappa shape index (κ1) is 28.9. The Hall–Kier alpha value is -5.22. The van der Waals surface area contributed by atoms with Crippen LogP contribution < -0.4 is 5.32 Å². The summed E-state index contributed by atoms with van der Waals surface area (Å²) >= 11 is 6.27. The highest BCUT2D eigenvalue weighted by Gasteiger charge is 2.32. The molecule has 0 aliphatic carbocycles. The Morgan fingerprint density at radius 1 is 1.00 bits per heavy atom. The number of Topliss-reactive ketones (excluding diaryl/α,β-unsaturated/α-hetero) is 1. The number of aryl methyl sites for hydroxylation is 1. The summed E-state index contributed by atoms with van der Waals surface area (Å²) in [6.07, 6.45) is 6.71. The Bertz CT molecular complexity index is 1970. The number of amides is 2. The van der Waals surface area contributed by atoms with E-state index < -0.39 is 23.7 Å². The molecule has 1 unspecified atom stereocenters. The molecule has 0 saturated carbocycles. The molecule has 1 aliphatic heterocycles. The van der Waals surface area contributed by atoms with E-state index in [4.69, 9.17) is 11.6 Å². The molecular weight excluding hydrogens is 583 g/mol. The summed E-state index contributed by atoms with van der Waals surface area (Å²) in [5.41, 5.74) is 3.11. The predicted octanol–water partition coefficient (Wildman–Crippen LogP) is 5.87. The minimum absolute atomic E-state index is 0.0286. The van der Waals surface area contributed by atoms with Crippen LogP contribution in [0.5, 0.6) is 0 Å². The van der Waals surface area contributed by atoms with E-state index in [0.29, 0.717) is 27.3 Å². The van der Waals surface area contributed by atoms with Gasteiger partial charge in [-0.3, -0.25) is 19.1 Å². The molecule has 1 N–H and O–H groups in total. The molecule has 5 aromatic rings. The number of nitrogens with one attached hydrogen (secondary N) is 1. The standard InChI is InChI=1S/C33H26ClFN6O3/c1-19(42)32-25-15-21(22-16-36-20(2)37-17-22)12-13-28(25)41(39-32)18-30(43)40-14-6-11-29(40)33(44)38-27-10-5-8-24(31(27)35)23-7-3-4-9-26(23)34/h3-13,15-17,29H,14,18H2,1-2H3,(H,38,44). The maximum Gasteiger partial charge on any atom is 0.251 e. The molecule has 0 spiro atoms. The van der Waals surface area contributed by atoms with Crippen LogP contribution >= 0.6 is 11.6 Å². The lowest BCUT2D eigenvalue weighted by Gasteiger charge is -2.24. The van der Waals surface area contributed by atoms with Crippen LogP contribution in [0.3, 0.4) is 0 Å². The third-order valence-corrected chi connectivity index (χ3v) is 7.78. The monoisotopic (exact) mass is 608 g/mol. The number of aromatic nitrogens is 4. The van der Waals surface area contributed by atoms with Crippen LogP contribution in [0.2, 0.25) is 5.02 Å². The van der Waals surface area contributed by atoms with Crippen molar-refractivity contribution in [2.75, 3.05) is 11.9 Å². The lowest BCUT2D eigenvalue weighted by atomic mass is 10.0. The lowest BCUT2D eigenvalue weighted by Crippen LogP contribution is -2.45. The first-order chi connectivity index (χ1) is 21.2. The van der Waals surface area contributed by atoms with Gasteiger partial charge in [0.1, 0.15) is 24.1 Å². The van der Waals surface area contributed by atoms with E-state index in [1.165, 1.54) is 22.6 Å². The quantitative estimate of drug-likeness (QED) is 0.183. The minimum atomic E-state index is -0.965. The second-order valence-corrected chi connectivity index (χ2v) is 10.8. The van der Waals surface area contributed by atoms with Gasteiger partial charge < -0.3 is 10.2 Å². The van der Waals surface area contributed by atoms with Crippen molar-refractivity contribution >= 4 is 45.8 Å². The maximum absolute atomic E-state index is 15.5. The molecule has 0 radical (unpaired) electrons. The van der Waals surface area contributed by atoms with Gasteiger partial charge in [0.2, 0.25) is 5.91 Å². The lowest BCUT2D eigenvalue weighted by molar-refractivity contribution is -0.136. The van der Waals surface area contributed by atoms with E-state index in [9.17, 15) is 14.4 Å². The summed E-state index contributed by atoms with van der Waals surface area (Å²) < 4.78 is 16.9. The van der Waals surface area contributed by atoms with Gasteiger partial charge in [-0.15, -0.1) is 0 Å². The number of nitrogens with zero attached hydrogens (tertiary/aromatic N) is 5. The second kappa shape index (κ2) is 11.8. The molecule has 0 saturated heterocycles. The fourth-order valence-electron chi connectivity index (χ4n) is 5.23. The van der Waals surface area contributed by atoms with E-state index in [2.05, 4.69) is 20.4 Å². The zero-order valence-electron chi connectivity index (χ0n) is 23.8. The summed E-state index contributed by atoms with van der Waals surface area (Å²) in [7, 11) is 0. The third kappa shape index (κ3) is 5.47. The zero-order valence-corrected chi connectivity index (χ0v) is 24.5. The van der Waals surface area contributed by atoms with Gasteiger partial charge >= 0.3 is 0 Å². The molecule has 2 aromatic heterocycles. The predicted molar refractivity (Wildman–Crippen MR) is 166 cm³/mol. The van der Waals surface area contributed by atoms with Gasteiger partial charge in [-0.1, -0.05) is 60.2 Å². The topological polar surface area (TPSA) is 110 Å². The summed E-state index contributed by atoms with van der Waals surface area (Å²) in [6, 6.07) is 16.0. The number of benzene rings is 3. The largest absolute Gasteiger partial charge is 0.322 e. The number of hydrogen-bond donors (Lipinski definition) is 1. The minimum Gasteiger partial charge on any atom is -0.322 e. The SMILES string of the molecule is CC(=O)c1nn(CC(=O)N2CC=CC2C(=O)Nc2cccc(-c3ccccc3Cl)c2F)c2ccc(-c3cnc(C)nc3)cc12. The molecule has 1 atom stereocenters. The molecule has 2 amide bonds. The summed E-state index contributed by atoms with van der Waals surface area (Å²) in [5.74, 6) is -1.20. The average molecular weight is 609 g/mol. The van der Waals surface area contributed by atoms with Crippen molar-refractivity contribution in [3.8, 4) is 22.3 Å². The summed E-state index contributed by atoms with van der Waals surface area (Å²) in [6.45, 7) is 3.19. The fourth-order valence-corrected chi connectivity index (χ4v) is 5.47. The van der Waals surface area contributed by atoms with Gasteiger partial charge in [-0.2, -0.15) is 5.10 Å². The number of halogens is 2. The molecule has 1 aliphatic rings. The van der Waals surface area contributed by atoms with Crippen LogP contribution in [-0.4, -0.2) is 54.8 Å². The molecule has 220 valence electrons. The van der Waals surface area contributed by atoms with Crippen LogP contribution in [-0.2, 0) is 16.1 Å². The van der Waals surface area contributed by atoms with Crippen molar-refractivity contribution in [3.63, 3.8) is 0 Å². The van der Waals surface area contributed by atoms with Gasteiger partial charge in [0.15, 0.2) is 11.6 Å². The smallest absolute Gasteiger partial charge is 0.251 e. The van der Waals surface area contributed by atoms with Gasteiger partial charge in [-0.25, -0.2) is 14.4 Å². The van der Waals surface area contributed by atoms with Crippen LogP contribution in [0.4, 0.5) is 10.1 Å². The summed E-state index contributed by atoms with van der Waals surface area (Å²) in [4.78, 5) is 49.2. The summed E-state index contributed by atoms with van der Waals surface area (Å²) in [5, 5.41) is 8.04. The average Bonchev–Trinajstić information content (AvgIpc) is 3.65. The van der Waals surface area contributed by atoms with Gasteiger partial charge in [0.05, 0.1) is 11.2 Å². The maximum atomic E-state index is 15.5. The number of ketones is 1. The van der Waals surface area contributed by atoms with Crippen molar-refractivity contribution in [2.45, 2.75) is 26.4 Å². The van der Waals surface area contributed by atoms with Crippen molar-refractivity contribution in [1.29, 1.82) is 0 Å². The Kier molecular flexibility index (Phi) is 7.75. The molecule has 11 heteroatoms.